The van der Waals surface area contributed by atoms with Gasteiger partial charge in [-0.25, -0.2) is 0 Å². The van der Waals surface area contributed by atoms with Gasteiger partial charge >= 0.3 is 6.01 Å². The summed E-state index contributed by atoms with van der Waals surface area (Å²) in [5, 5.41) is 12.5. The molecule has 1 atom stereocenters. The molecular formula is C29H36N6O3. The largest absolute Gasteiger partial charge is 0.508 e. The molecule has 1 saturated heterocycles. The Morgan fingerprint density at radius 1 is 1.18 bits per heavy atom. The van der Waals surface area contributed by atoms with Gasteiger partial charge in [-0.15, -0.1) is 0 Å². The van der Waals surface area contributed by atoms with Crippen LogP contribution in [0.15, 0.2) is 49.1 Å². The molecule has 2 aromatic carbocycles. The third-order valence-corrected chi connectivity index (χ3v) is 7.34. The normalized spacial score (nSPS) is 17.6. The number of benzene rings is 2. The minimum absolute atomic E-state index is 0.0384. The molecule has 0 spiro atoms. The molecule has 0 unspecified atom stereocenters. The molecule has 9 heteroatoms. The first-order valence-electron chi connectivity index (χ1n) is 13.2. The summed E-state index contributed by atoms with van der Waals surface area (Å²) in [6, 6.07) is 12.2. The summed E-state index contributed by atoms with van der Waals surface area (Å²) in [6.07, 6.45) is 2.15. The fourth-order valence-corrected chi connectivity index (χ4v) is 5.37. The number of amides is 1. The van der Waals surface area contributed by atoms with Crippen LogP contribution >= 0.6 is 0 Å². The van der Waals surface area contributed by atoms with Crippen molar-refractivity contribution in [2.75, 3.05) is 63.2 Å². The minimum atomic E-state index is -0.0384. The zero-order chi connectivity index (χ0) is 26.8. The maximum absolute atomic E-state index is 12.3. The van der Waals surface area contributed by atoms with Crippen LogP contribution < -0.4 is 14.5 Å². The number of ether oxygens (including phenoxy) is 1. The third kappa shape index (κ3) is 5.24. The van der Waals surface area contributed by atoms with Gasteiger partial charge in [0.05, 0.1) is 12.2 Å². The number of likely N-dealkylation sites (N-methyl/N-ethyl adjacent to an activating group) is 1. The van der Waals surface area contributed by atoms with Gasteiger partial charge in [0.15, 0.2) is 0 Å². The van der Waals surface area contributed by atoms with Gasteiger partial charge in [-0.2, -0.15) is 9.97 Å². The maximum Gasteiger partial charge on any atom is 0.318 e. The van der Waals surface area contributed by atoms with Crippen LogP contribution in [0.2, 0.25) is 0 Å². The molecule has 0 bridgehead atoms. The van der Waals surface area contributed by atoms with E-state index in [1.807, 2.05) is 43.3 Å². The monoisotopic (exact) mass is 516 g/mol. The van der Waals surface area contributed by atoms with E-state index in [1.165, 1.54) is 6.08 Å². The molecule has 1 fully saturated rings. The number of phenols is 1. The average Bonchev–Trinajstić information content (AvgIpc) is 2.91. The number of hydrogen-bond donors (Lipinski definition) is 1. The number of piperazine rings is 1. The molecule has 1 amide bonds. The highest BCUT2D eigenvalue weighted by molar-refractivity contribution is 5.95. The molecule has 2 aliphatic heterocycles. The lowest BCUT2D eigenvalue weighted by Gasteiger charge is -2.41. The molecule has 9 nitrogen and oxygen atoms in total. The molecule has 0 radical (unpaired) electrons. The first kappa shape index (κ1) is 25.8. The molecule has 1 aromatic heterocycles. The summed E-state index contributed by atoms with van der Waals surface area (Å²) in [4.78, 5) is 30.5. The van der Waals surface area contributed by atoms with Crippen LogP contribution in [0.3, 0.4) is 0 Å². The highest BCUT2D eigenvalue weighted by Crippen LogP contribution is 2.36. The predicted molar refractivity (Wildman–Crippen MR) is 150 cm³/mol. The number of nitrogens with zero attached hydrogens (tertiary/aromatic N) is 6. The molecule has 5 rings (SSSR count). The van der Waals surface area contributed by atoms with Crippen molar-refractivity contribution in [2.24, 2.45) is 0 Å². The van der Waals surface area contributed by atoms with Crippen LogP contribution in [0, 0.1) is 0 Å². The van der Waals surface area contributed by atoms with Crippen LogP contribution in [-0.2, 0) is 17.8 Å². The molecule has 3 heterocycles. The highest BCUT2D eigenvalue weighted by Gasteiger charge is 2.31. The van der Waals surface area contributed by atoms with Crippen molar-refractivity contribution >= 4 is 28.2 Å². The van der Waals surface area contributed by atoms with E-state index in [-0.39, 0.29) is 17.7 Å². The summed E-state index contributed by atoms with van der Waals surface area (Å²) in [6.45, 7) is 10.3. The number of aromatic nitrogens is 2. The lowest BCUT2D eigenvalue weighted by Crippen LogP contribution is -2.54. The number of aromatic hydroxyl groups is 1. The fourth-order valence-electron chi connectivity index (χ4n) is 5.37. The van der Waals surface area contributed by atoms with Crippen LogP contribution in [0.25, 0.3) is 10.8 Å². The number of hydrogen-bond acceptors (Lipinski definition) is 8. The Kier molecular flexibility index (Phi) is 7.37. The van der Waals surface area contributed by atoms with E-state index in [0.717, 1.165) is 53.0 Å². The molecule has 1 N–H and O–H groups in total. The van der Waals surface area contributed by atoms with E-state index in [4.69, 9.17) is 14.7 Å². The van der Waals surface area contributed by atoms with Crippen LogP contribution in [-0.4, -0.2) is 90.2 Å². The average molecular weight is 517 g/mol. The van der Waals surface area contributed by atoms with Crippen LogP contribution in [0.1, 0.15) is 18.2 Å². The lowest BCUT2D eigenvalue weighted by atomic mass is 10.0. The van der Waals surface area contributed by atoms with Gasteiger partial charge in [0.25, 0.3) is 0 Å². The molecule has 200 valence electrons. The van der Waals surface area contributed by atoms with Gasteiger partial charge in [-0.1, -0.05) is 30.8 Å². The number of rotatable bonds is 7. The Hall–Kier alpha value is -3.85. The van der Waals surface area contributed by atoms with Crippen molar-refractivity contribution in [1.29, 1.82) is 0 Å². The van der Waals surface area contributed by atoms with Crippen molar-refractivity contribution < 1.29 is 14.6 Å². The Morgan fingerprint density at radius 2 is 2.00 bits per heavy atom. The van der Waals surface area contributed by atoms with Crippen molar-refractivity contribution in [3.05, 3.63) is 60.3 Å². The summed E-state index contributed by atoms with van der Waals surface area (Å²) < 4.78 is 6.02. The van der Waals surface area contributed by atoms with Crippen molar-refractivity contribution in [3.63, 3.8) is 0 Å². The minimum Gasteiger partial charge on any atom is -0.508 e. The van der Waals surface area contributed by atoms with E-state index in [2.05, 4.69) is 34.3 Å². The molecule has 38 heavy (non-hydrogen) atoms. The Bertz CT molecular complexity index is 1340. The first-order chi connectivity index (χ1) is 18.3. The molecular weight excluding hydrogens is 480 g/mol. The number of anilines is 2. The maximum atomic E-state index is 12.3. The number of fused-ring (bicyclic) bond motifs is 2. The van der Waals surface area contributed by atoms with Gasteiger partial charge in [0, 0.05) is 61.5 Å². The van der Waals surface area contributed by atoms with Gasteiger partial charge in [0.2, 0.25) is 5.91 Å². The van der Waals surface area contributed by atoms with Crippen LogP contribution in [0.5, 0.6) is 11.8 Å². The zero-order valence-electron chi connectivity index (χ0n) is 22.4. The molecule has 2 aliphatic rings. The van der Waals surface area contributed by atoms with E-state index < -0.39 is 0 Å². The second-order valence-corrected chi connectivity index (χ2v) is 10.3. The lowest BCUT2D eigenvalue weighted by molar-refractivity contribution is -0.128. The topological polar surface area (TPSA) is 85.3 Å². The predicted octanol–water partition coefficient (Wildman–Crippen LogP) is 3.06. The Labute approximate surface area is 223 Å². The number of phenolic OH excluding ortho intramolecular Hbond substituents is 1. The fraction of sp³-hybridized carbons (Fsp3) is 0.414. The summed E-state index contributed by atoms with van der Waals surface area (Å²) in [5.74, 6) is 1.11. The molecule has 0 saturated carbocycles. The van der Waals surface area contributed by atoms with E-state index >= 15 is 0 Å². The quantitative estimate of drug-likeness (QED) is 0.480. The molecule has 3 aromatic rings. The van der Waals surface area contributed by atoms with E-state index in [0.29, 0.717) is 38.8 Å². The SMILES string of the molecule is C=CC(=O)N1CCN(c2nc(OCCN(C)C)nc3c2CCN(c2cc(O)cc4ccccc24)C3)C[C@H]1C. The Morgan fingerprint density at radius 3 is 2.76 bits per heavy atom. The van der Waals surface area contributed by atoms with E-state index in [1.54, 1.807) is 6.07 Å². The second kappa shape index (κ2) is 10.9. The highest BCUT2D eigenvalue weighted by atomic mass is 16.5. The summed E-state index contributed by atoms with van der Waals surface area (Å²) in [5.41, 5.74) is 3.05. The summed E-state index contributed by atoms with van der Waals surface area (Å²) in [7, 11) is 4.01. The van der Waals surface area contributed by atoms with Gasteiger partial charge in [-0.05, 0) is 45.0 Å². The van der Waals surface area contributed by atoms with Crippen molar-refractivity contribution in [2.45, 2.75) is 25.9 Å². The third-order valence-electron chi connectivity index (χ3n) is 7.34. The van der Waals surface area contributed by atoms with Crippen molar-refractivity contribution in [3.8, 4) is 11.8 Å². The van der Waals surface area contributed by atoms with Gasteiger partial charge < -0.3 is 29.4 Å². The Balaban J connectivity index is 1.48. The smallest absolute Gasteiger partial charge is 0.318 e. The van der Waals surface area contributed by atoms with E-state index in [9.17, 15) is 9.90 Å². The van der Waals surface area contributed by atoms with Gasteiger partial charge in [-0.3, -0.25) is 4.79 Å². The van der Waals surface area contributed by atoms with Crippen molar-refractivity contribution in [1.82, 2.24) is 19.8 Å². The standard InChI is InChI=1S/C29H36N6O3/c1-5-27(37)35-13-12-34(18-20(35)2)28-24-10-11-33(19-25(24)30-29(31-28)38-15-14-32(3)4)26-17-22(36)16-21-8-6-7-9-23(21)26/h5-9,16-17,20,36H,1,10-15,18-19H2,2-4H3/t20-/m1/s1. The van der Waals surface area contributed by atoms with Gasteiger partial charge in [0.1, 0.15) is 18.2 Å². The zero-order valence-corrected chi connectivity index (χ0v) is 22.4. The summed E-state index contributed by atoms with van der Waals surface area (Å²) >= 11 is 0. The number of carbonyl (C=O) groups excluding carboxylic acids is 1. The molecule has 0 aliphatic carbocycles. The number of carbonyl (C=O) groups is 1. The van der Waals surface area contributed by atoms with Crippen LogP contribution in [0.4, 0.5) is 11.5 Å². The second-order valence-electron chi connectivity index (χ2n) is 10.3. The first-order valence-corrected chi connectivity index (χ1v) is 13.2.